The van der Waals surface area contributed by atoms with Gasteiger partial charge < -0.3 is 10.0 Å². The maximum atomic E-state index is 12.4. The van der Waals surface area contributed by atoms with Gasteiger partial charge in [0.2, 0.25) is 0 Å². The number of hydrogen-bond acceptors (Lipinski definition) is 2. The fraction of sp³-hybridized carbons (Fsp3) is 0.333. The second-order valence-corrected chi connectivity index (χ2v) is 4.57. The fourth-order valence-corrected chi connectivity index (χ4v) is 1.51. The Bertz CT molecular complexity index is 422. The molecule has 2 N–H and O–H groups in total. The van der Waals surface area contributed by atoms with Gasteiger partial charge in [-0.25, -0.2) is 0 Å². The van der Waals surface area contributed by atoms with Crippen LogP contribution in [0, 0.1) is 0 Å². The molecule has 1 aromatic rings. The highest BCUT2D eigenvalue weighted by Gasteiger charge is 2.30. The van der Waals surface area contributed by atoms with Gasteiger partial charge in [-0.2, -0.15) is 13.2 Å². The Hall–Kier alpha value is -1.27. The Morgan fingerprint density at radius 3 is 1.83 bits per heavy atom. The SMILES string of the molecule is CC(C)(/C=C/B(O)O)c1ccc(C(F)(F)F)cc1. The van der Waals surface area contributed by atoms with E-state index in [1.807, 2.05) is 0 Å². The Morgan fingerprint density at radius 1 is 1.00 bits per heavy atom. The molecule has 0 aliphatic carbocycles. The van der Waals surface area contributed by atoms with Crippen molar-refractivity contribution >= 4 is 7.12 Å². The first-order chi connectivity index (χ1) is 8.13. The van der Waals surface area contributed by atoms with Crippen LogP contribution in [0.2, 0.25) is 0 Å². The molecule has 0 atom stereocenters. The molecule has 98 valence electrons. The largest absolute Gasteiger partial charge is 0.480 e. The van der Waals surface area contributed by atoms with Gasteiger partial charge in [0.05, 0.1) is 5.56 Å². The number of rotatable bonds is 3. The van der Waals surface area contributed by atoms with Crippen LogP contribution in [-0.2, 0) is 11.6 Å². The standard InChI is InChI=1S/C12H14BF3O2/c1-11(2,7-8-13(17)18)9-3-5-10(6-4-9)12(14,15)16/h3-8,17-18H,1-2H3/b8-7+. The fourth-order valence-electron chi connectivity index (χ4n) is 1.51. The number of allylic oxidation sites excluding steroid dienone is 1. The van der Waals surface area contributed by atoms with E-state index in [0.717, 1.165) is 12.1 Å². The molecule has 18 heavy (non-hydrogen) atoms. The zero-order valence-corrected chi connectivity index (χ0v) is 10.1. The van der Waals surface area contributed by atoms with Crippen LogP contribution in [-0.4, -0.2) is 17.2 Å². The van der Waals surface area contributed by atoms with Crippen LogP contribution in [0.1, 0.15) is 25.0 Å². The van der Waals surface area contributed by atoms with Crippen LogP contribution in [0.25, 0.3) is 0 Å². The highest BCUT2D eigenvalue weighted by molar-refractivity contribution is 6.47. The average molecular weight is 258 g/mol. The molecule has 0 bridgehead atoms. The third-order valence-electron chi connectivity index (χ3n) is 2.64. The summed E-state index contributed by atoms with van der Waals surface area (Å²) in [5, 5.41) is 17.5. The summed E-state index contributed by atoms with van der Waals surface area (Å²) in [6, 6.07) is 4.80. The lowest BCUT2D eigenvalue weighted by Gasteiger charge is -2.21. The first-order valence-electron chi connectivity index (χ1n) is 5.36. The van der Waals surface area contributed by atoms with E-state index in [4.69, 9.17) is 10.0 Å². The molecule has 1 rings (SSSR count). The topological polar surface area (TPSA) is 40.5 Å². The predicted octanol–water partition coefficient (Wildman–Crippen LogP) is 2.55. The van der Waals surface area contributed by atoms with E-state index in [9.17, 15) is 13.2 Å². The molecule has 0 aliphatic rings. The molecule has 0 spiro atoms. The lowest BCUT2D eigenvalue weighted by atomic mass is 9.79. The highest BCUT2D eigenvalue weighted by atomic mass is 19.4. The van der Waals surface area contributed by atoms with Crippen molar-refractivity contribution in [2.24, 2.45) is 0 Å². The van der Waals surface area contributed by atoms with Crippen molar-refractivity contribution in [2.45, 2.75) is 25.4 Å². The van der Waals surface area contributed by atoms with Crippen molar-refractivity contribution < 1.29 is 23.2 Å². The lowest BCUT2D eigenvalue weighted by molar-refractivity contribution is -0.137. The first-order valence-corrected chi connectivity index (χ1v) is 5.36. The third kappa shape index (κ3) is 3.89. The van der Waals surface area contributed by atoms with E-state index >= 15 is 0 Å². The second-order valence-electron chi connectivity index (χ2n) is 4.57. The van der Waals surface area contributed by atoms with E-state index in [0.29, 0.717) is 5.56 Å². The van der Waals surface area contributed by atoms with E-state index < -0.39 is 24.3 Å². The molecule has 0 unspecified atom stereocenters. The van der Waals surface area contributed by atoms with Crippen molar-refractivity contribution in [1.82, 2.24) is 0 Å². The molecule has 0 saturated carbocycles. The zero-order valence-electron chi connectivity index (χ0n) is 10.1. The minimum Gasteiger partial charge on any atom is -0.424 e. The van der Waals surface area contributed by atoms with Crippen molar-refractivity contribution in [3.63, 3.8) is 0 Å². The van der Waals surface area contributed by atoms with E-state index in [1.165, 1.54) is 18.1 Å². The van der Waals surface area contributed by atoms with Crippen LogP contribution in [0.15, 0.2) is 36.3 Å². The Balaban J connectivity index is 2.98. The molecule has 2 nitrogen and oxygen atoms in total. The van der Waals surface area contributed by atoms with Crippen LogP contribution in [0.3, 0.4) is 0 Å². The Kier molecular flexibility index (Phi) is 4.24. The second kappa shape index (κ2) is 5.16. The normalized spacial score (nSPS) is 13.1. The van der Waals surface area contributed by atoms with Gasteiger partial charge in [0, 0.05) is 5.41 Å². The van der Waals surface area contributed by atoms with Gasteiger partial charge in [0.15, 0.2) is 0 Å². The maximum Gasteiger partial charge on any atom is 0.480 e. The van der Waals surface area contributed by atoms with Gasteiger partial charge in [-0.15, -0.1) is 0 Å². The minimum atomic E-state index is -4.35. The van der Waals surface area contributed by atoms with Crippen molar-refractivity contribution in [1.29, 1.82) is 0 Å². The van der Waals surface area contributed by atoms with E-state index in [1.54, 1.807) is 19.9 Å². The highest BCUT2D eigenvalue weighted by Crippen LogP contribution is 2.31. The summed E-state index contributed by atoms with van der Waals surface area (Å²) in [5.74, 6) is 1.18. The third-order valence-corrected chi connectivity index (χ3v) is 2.64. The molecule has 0 radical (unpaired) electrons. The van der Waals surface area contributed by atoms with Crippen molar-refractivity contribution in [3.05, 3.63) is 47.4 Å². The van der Waals surface area contributed by atoms with Gasteiger partial charge in [-0.3, -0.25) is 0 Å². The molecule has 0 heterocycles. The molecule has 0 aliphatic heterocycles. The van der Waals surface area contributed by atoms with Crippen molar-refractivity contribution in [3.8, 4) is 0 Å². The summed E-state index contributed by atoms with van der Waals surface area (Å²) in [6.45, 7) is 3.54. The summed E-state index contributed by atoms with van der Waals surface area (Å²) in [5.41, 5.74) is -0.617. The zero-order chi connectivity index (χ0) is 14.0. The summed E-state index contributed by atoms with van der Waals surface area (Å²) < 4.78 is 37.2. The average Bonchev–Trinajstić information content (AvgIpc) is 2.26. The summed E-state index contributed by atoms with van der Waals surface area (Å²) in [4.78, 5) is 0. The monoisotopic (exact) mass is 258 g/mol. The quantitative estimate of drug-likeness (QED) is 0.818. The Morgan fingerprint density at radius 2 is 1.44 bits per heavy atom. The molecule has 6 heteroatoms. The van der Waals surface area contributed by atoms with Gasteiger partial charge in [-0.05, 0) is 17.7 Å². The van der Waals surface area contributed by atoms with E-state index in [-0.39, 0.29) is 0 Å². The molecule has 1 aromatic carbocycles. The van der Waals surface area contributed by atoms with Crippen LogP contribution < -0.4 is 0 Å². The van der Waals surface area contributed by atoms with Crippen LogP contribution in [0.4, 0.5) is 13.2 Å². The maximum absolute atomic E-state index is 12.4. The van der Waals surface area contributed by atoms with Gasteiger partial charge >= 0.3 is 13.3 Å². The number of hydrogen-bond donors (Lipinski definition) is 2. The number of halogens is 3. The van der Waals surface area contributed by atoms with Gasteiger partial charge in [0.25, 0.3) is 0 Å². The lowest BCUT2D eigenvalue weighted by Crippen LogP contribution is -2.17. The number of benzene rings is 1. The predicted molar refractivity (Wildman–Crippen MR) is 63.8 cm³/mol. The summed E-state index contributed by atoms with van der Waals surface area (Å²) in [7, 11) is -1.57. The molecule has 0 amide bonds. The molecular formula is C12H14BF3O2. The summed E-state index contributed by atoms with van der Waals surface area (Å²) >= 11 is 0. The van der Waals surface area contributed by atoms with Crippen molar-refractivity contribution in [2.75, 3.05) is 0 Å². The first kappa shape index (κ1) is 14.8. The number of alkyl halides is 3. The molecule has 0 fully saturated rings. The molecule has 0 aromatic heterocycles. The summed E-state index contributed by atoms with van der Waals surface area (Å²) in [6.07, 6.45) is -2.81. The molecule has 0 saturated heterocycles. The Labute approximate surface area is 104 Å². The van der Waals surface area contributed by atoms with Gasteiger partial charge in [-0.1, -0.05) is 38.0 Å². The van der Waals surface area contributed by atoms with Gasteiger partial charge in [0.1, 0.15) is 0 Å². The van der Waals surface area contributed by atoms with Crippen LogP contribution in [0.5, 0.6) is 0 Å². The smallest absolute Gasteiger partial charge is 0.424 e. The van der Waals surface area contributed by atoms with Crippen LogP contribution >= 0.6 is 0 Å². The molecular weight excluding hydrogens is 244 g/mol. The minimum absolute atomic E-state index is 0.576. The van der Waals surface area contributed by atoms with E-state index in [2.05, 4.69) is 0 Å².